The molecule has 8 heteroatoms. The van der Waals surface area contributed by atoms with Crippen LogP contribution in [0.15, 0.2) is 52.1 Å². The second-order valence-corrected chi connectivity index (χ2v) is 11.4. The Bertz CT molecular complexity index is 907. The van der Waals surface area contributed by atoms with Crippen LogP contribution in [0.4, 0.5) is 0 Å². The molecule has 0 bridgehead atoms. The molecule has 1 saturated heterocycles. The summed E-state index contributed by atoms with van der Waals surface area (Å²) in [6, 6.07) is 13.1. The van der Waals surface area contributed by atoms with Gasteiger partial charge in [-0.25, -0.2) is 8.42 Å². The molecule has 0 spiro atoms. The van der Waals surface area contributed by atoms with E-state index in [1.807, 2.05) is 13.8 Å². The number of rotatable bonds is 10. The van der Waals surface area contributed by atoms with Crippen LogP contribution < -0.4 is 10.0 Å². The normalized spacial score (nSPS) is 17.0. The molecule has 1 aromatic carbocycles. The van der Waals surface area contributed by atoms with Crippen LogP contribution in [0.2, 0.25) is 0 Å². The first-order valence-electron chi connectivity index (χ1n) is 10.9. The second-order valence-electron chi connectivity index (χ2n) is 8.54. The Hall–Kier alpha value is -1.74. The summed E-state index contributed by atoms with van der Waals surface area (Å²) < 4.78 is 27.8. The molecule has 2 aromatic rings. The van der Waals surface area contributed by atoms with Crippen molar-refractivity contribution in [1.82, 2.24) is 14.9 Å². The molecule has 2 heterocycles. The van der Waals surface area contributed by atoms with Gasteiger partial charge in [-0.2, -0.15) is 4.72 Å². The zero-order valence-corrected chi connectivity index (χ0v) is 19.9. The van der Waals surface area contributed by atoms with Crippen LogP contribution in [0.25, 0.3) is 0 Å². The summed E-state index contributed by atoms with van der Waals surface area (Å²) in [4.78, 5) is 15.1. The molecule has 3 rings (SSSR count). The summed E-state index contributed by atoms with van der Waals surface area (Å²) >= 11 is 1.14. The number of benzene rings is 1. The fraction of sp³-hybridized carbons (Fsp3) is 0.522. The summed E-state index contributed by atoms with van der Waals surface area (Å²) in [5.74, 6) is 0.294. The molecular weight excluding hydrogens is 430 g/mol. The van der Waals surface area contributed by atoms with Gasteiger partial charge in [0, 0.05) is 13.1 Å². The van der Waals surface area contributed by atoms with Crippen molar-refractivity contribution in [2.24, 2.45) is 11.8 Å². The minimum absolute atomic E-state index is 0.150. The topological polar surface area (TPSA) is 78.5 Å². The van der Waals surface area contributed by atoms with Gasteiger partial charge in [-0.3, -0.25) is 4.79 Å². The highest BCUT2D eigenvalue weighted by Gasteiger charge is 2.29. The second kappa shape index (κ2) is 11.2. The summed E-state index contributed by atoms with van der Waals surface area (Å²) in [6.07, 6.45) is 3.46. The number of sulfonamides is 1. The molecule has 170 valence electrons. The molecule has 0 saturated carbocycles. The highest BCUT2D eigenvalue weighted by atomic mass is 32.2. The minimum Gasteiger partial charge on any atom is -0.353 e. The van der Waals surface area contributed by atoms with Gasteiger partial charge in [-0.05, 0) is 61.2 Å². The van der Waals surface area contributed by atoms with E-state index in [0.717, 1.165) is 50.2 Å². The molecule has 1 aliphatic rings. The van der Waals surface area contributed by atoms with Crippen LogP contribution in [0.5, 0.6) is 0 Å². The summed E-state index contributed by atoms with van der Waals surface area (Å²) in [6.45, 7) is 7.06. The highest BCUT2D eigenvalue weighted by Crippen LogP contribution is 2.21. The quantitative estimate of drug-likeness (QED) is 0.568. The van der Waals surface area contributed by atoms with Gasteiger partial charge in [0.25, 0.3) is 10.0 Å². The van der Waals surface area contributed by atoms with Crippen LogP contribution in [0, 0.1) is 11.8 Å². The van der Waals surface area contributed by atoms with E-state index in [1.165, 1.54) is 5.56 Å². The zero-order valence-electron chi connectivity index (χ0n) is 18.3. The van der Waals surface area contributed by atoms with E-state index in [0.29, 0.717) is 12.5 Å². The number of likely N-dealkylation sites (tertiary alicyclic amines) is 1. The average molecular weight is 464 g/mol. The number of hydrogen-bond donors (Lipinski definition) is 2. The van der Waals surface area contributed by atoms with Gasteiger partial charge in [-0.15, -0.1) is 11.3 Å². The Labute approximate surface area is 190 Å². The number of nitrogens with one attached hydrogen (secondary N) is 2. The van der Waals surface area contributed by atoms with Crippen LogP contribution >= 0.6 is 11.3 Å². The first-order valence-corrected chi connectivity index (χ1v) is 13.3. The number of thiophene rings is 1. The number of carbonyl (C=O) groups is 1. The lowest BCUT2D eigenvalue weighted by atomic mass is 9.90. The van der Waals surface area contributed by atoms with Gasteiger partial charge in [0.1, 0.15) is 10.3 Å². The Balaban J connectivity index is 1.41. The molecule has 0 aliphatic carbocycles. The van der Waals surface area contributed by atoms with E-state index in [9.17, 15) is 13.2 Å². The predicted octanol–water partition coefficient (Wildman–Crippen LogP) is 3.12. The lowest BCUT2D eigenvalue weighted by molar-refractivity contribution is -0.123. The number of nitrogens with zero attached hydrogens (tertiary/aromatic N) is 1. The Morgan fingerprint density at radius 2 is 1.84 bits per heavy atom. The third-order valence-corrected chi connectivity index (χ3v) is 8.63. The smallest absolute Gasteiger partial charge is 0.250 e. The Morgan fingerprint density at radius 1 is 1.13 bits per heavy atom. The minimum atomic E-state index is -3.69. The molecule has 1 aliphatic heterocycles. The molecule has 2 N–H and O–H groups in total. The van der Waals surface area contributed by atoms with E-state index < -0.39 is 16.1 Å². The molecule has 1 aromatic heterocycles. The third-order valence-electron chi connectivity index (χ3n) is 5.79. The average Bonchev–Trinajstić information content (AvgIpc) is 3.30. The van der Waals surface area contributed by atoms with E-state index in [1.54, 1.807) is 17.5 Å². The maximum Gasteiger partial charge on any atom is 0.250 e. The van der Waals surface area contributed by atoms with Gasteiger partial charge in [0.15, 0.2) is 0 Å². The summed E-state index contributed by atoms with van der Waals surface area (Å²) in [7, 11) is -3.69. The maximum atomic E-state index is 12.7. The Kier molecular flexibility index (Phi) is 8.66. The van der Waals surface area contributed by atoms with Crippen molar-refractivity contribution in [3.05, 3.63) is 53.4 Å². The van der Waals surface area contributed by atoms with E-state index in [2.05, 4.69) is 45.3 Å². The van der Waals surface area contributed by atoms with Crippen molar-refractivity contribution in [3.8, 4) is 0 Å². The SMILES string of the molecule is CC(C)[C@H](NS(=O)(=O)c1cccs1)C(=O)NCCN1CCC(Cc2ccccc2)CC1. The zero-order chi connectivity index (χ0) is 22.3. The van der Waals surface area contributed by atoms with E-state index in [4.69, 9.17) is 0 Å². The third kappa shape index (κ3) is 7.14. The van der Waals surface area contributed by atoms with Crippen LogP contribution in [0.3, 0.4) is 0 Å². The lowest BCUT2D eigenvalue weighted by Crippen LogP contribution is -2.51. The number of carbonyl (C=O) groups excluding carboxylic acids is 1. The monoisotopic (exact) mass is 463 g/mol. The van der Waals surface area contributed by atoms with Crippen molar-refractivity contribution in [2.45, 2.75) is 43.4 Å². The first kappa shape index (κ1) is 23.9. The lowest BCUT2D eigenvalue weighted by Gasteiger charge is -2.32. The molecule has 0 radical (unpaired) electrons. The van der Waals surface area contributed by atoms with Crippen LogP contribution in [-0.2, 0) is 21.2 Å². The van der Waals surface area contributed by atoms with Crippen LogP contribution in [-0.4, -0.2) is 51.4 Å². The van der Waals surface area contributed by atoms with Gasteiger partial charge in [0.2, 0.25) is 5.91 Å². The van der Waals surface area contributed by atoms with E-state index in [-0.39, 0.29) is 16.0 Å². The fourth-order valence-corrected chi connectivity index (χ4v) is 6.30. The van der Waals surface area contributed by atoms with Crippen molar-refractivity contribution in [3.63, 3.8) is 0 Å². The molecule has 1 atom stereocenters. The van der Waals surface area contributed by atoms with E-state index >= 15 is 0 Å². The molecule has 6 nitrogen and oxygen atoms in total. The van der Waals surface area contributed by atoms with Gasteiger partial charge in [-0.1, -0.05) is 50.2 Å². The summed E-state index contributed by atoms with van der Waals surface area (Å²) in [5, 5.41) is 4.64. The van der Waals surface area contributed by atoms with Crippen molar-refractivity contribution >= 4 is 27.3 Å². The maximum absolute atomic E-state index is 12.7. The van der Waals surface area contributed by atoms with Crippen molar-refractivity contribution in [2.75, 3.05) is 26.2 Å². The van der Waals surface area contributed by atoms with Gasteiger partial charge in [0.05, 0.1) is 0 Å². The number of piperidine rings is 1. The molecule has 1 fully saturated rings. The Morgan fingerprint density at radius 3 is 2.45 bits per heavy atom. The molecule has 31 heavy (non-hydrogen) atoms. The van der Waals surface area contributed by atoms with Crippen molar-refractivity contribution in [1.29, 1.82) is 0 Å². The standard InChI is InChI=1S/C23H33N3O3S2/c1-18(2)22(25-31(28,29)21-9-6-16-30-21)23(27)24-12-15-26-13-10-20(11-14-26)17-19-7-4-3-5-8-19/h3-9,16,18,20,22,25H,10-15,17H2,1-2H3,(H,24,27)/t22-/m0/s1. The molecule has 0 unspecified atom stereocenters. The molecular formula is C23H33N3O3S2. The first-order chi connectivity index (χ1) is 14.8. The largest absolute Gasteiger partial charge is 0.353 e. The highest BCUT2D eigenvalue weighted by molar-refractivity contribution is 7.91. The number of hydrogen-bond acceptors (Lipinski definition) is 5. The van der Waals surface area contributed by atoms with Crippen molar-refractivity contribution < 1.29 is 13.2 Å². The predicted molar refractivity (Wildman–Crippen MR) is 126 cm³/mol. The van der Waals surface area contributed by atoms with Gasteiger partial charge >= 0.3 is 0 Å². The fourth-order valence-electron chi connectivity index (χ4n) is 3.94. The molecule has 1 amide bonds. The summed E-state index contributed by atoms with van der Waals surface area (Å²) in [5.41, 5.74) is 1.40. The van der Waals surface area contributed by atoms with Gasteiger partial charge < -0.3 is 10.2 Å². The van der Waals surface area contributed by atoms with Crippen LogP contribution in [0.1, 0.15) is 32.3 Å². The number of amides is 1.